The van der Waals surface area contributed by atoms with Gasteiger partial charge in [0.05, 0.1) is 0 Å². The predicted molar refractivity (Wildman–Crippen MR) is 95.4 cm³/mol. The van der Waals surface area contributed by atoms with Crippen molar-refractivity contribution in [2.24, 2.45) is 34.5 Å². The van der Waals surface area contributed by atoms with Crippen LogP contribution in [0.4, 0.5) is 0 Å². The van der Waals surface area contributed by atoms with E-state index < -0.39 is 0 Å². The zero-order valence-electron chi connectivity index (χ0n) is 15.5. The van der Waals surface area contributed by atoms with Gasteiger partial charge in [-0.15, -0.1) is 0 Å². The highest BCUT2D eigenvalue weighted by Gasteiger charge is 2.59. The zero-order chi connectivity index (χ0) is 17.3. The van der Waals surface area contributed by atoms with E-state index in [9.17, 15) is 9.59 Å². The Hall–Kier alpha value is -1.18. The second-order valence-corrected chi connectivity index (χ2v) is 9.40. The number of carbonyl (C=O) groups is 2. The first-order valence-electron chi connectivity index (χ1n) is 9.71. The number of hydrogen-bond donors (Lipinski definition) is 0. The maximum Gasteiger partial charge on any atom is 0.156 e. The van der Waals surface area contributed by atoms with Crippen LogP contribution in [0.25, 0.3) is 0 Å². The molecule has 130 valence electrons. The SMILES string of the molecule is CC(=O)[C@H]1CC[C@H]2[C@@H]3C(C)=CC4=CC(=O)CC[C@]4(C)[C@H]3CC[C@]12C. The normalized spacial score (nSPS) is 47.2. The molecule has 4 aliphatic carbocycles. The van der Waals surface area contributed by atoms with Crippen LogP contribution in [-0.4, -0.2) is 11.6 Å². The van der Waals surface area contributed by atoms with Crippen LogP contribution in [0.15, 0.2) is 23.3 Å². The first kappa shape index (κ1) is 16.3. The molecule has 0 heterocycles. The molecule has 0 aliphatic heterocycles. The van der Waals surface area contributed by atoms with Crippen molar-refractivity contribution in [3.05, 3.63) is 23.3 Å². The number of hydrogen-bond acceptors (Lipinski definition) is 2. The van der Waals surface area contributed by atoms with Crippen molar-refractivity contribution in [1.82, 2.24) is 0 Å². The molecule has 0 N–H and O–H groups in total. The summed E-state index contributed by atoms with van der Waals surface area (Å²) in [6.45, 7) is 8.84. The minimum Gasteiger partial charge on any atom is -0.300 e. The quantitative estimate of drug-likeness (QED) is 0.687. The van der Waals surface area contributed by atoms with E-state index in [4.69, 9.17) is 0 Å². The summed E-state index contributed by atoms with van der Waals surface area (Å²) in [6, 6.07) is 0. The van der Waals surface area contributed by atoms with Crippen molar-refractivity contribution in [3.8, 4) is 0 Å². The largest absolute Gasteiger partial charge is 0.300 e. The Bertz CT molecular complexity index is 669. The van der Waals surface area contributed by atoms with Gasteiger partial charge >= 0.3 is 0 Å². The van der Waals surface area contributed by atoms with Crippen LogP contribution >= 0.6 is 0 Å². The van der Waals surface area contributed by atoms with Gasteiger partial charge in [0.15, 0.2) is 5.78 Å². The predicted octanol–water partition coefficient (Wildman–Crippen LogP) is 4.89. The van der Waals surface area contributed by atoms with E-state index in [1.165, 1.54) is 30.4 Å². The third-order valence-corrected chi connectivity index (χ3v) is 8.36. The zero-order valence-corrected chi connectivity index (χ0v) is 15.5. The molecular weight excluding hydrogens is 296 g/mol. The van der Waals surface area contributed by atoms with Crippen LogP contribution in [0.2, 0.25) is 0 Å². The van der Waals surface area contributed by atoms with E-state index in [1.54, 1.807) is 6.92 Å². The van der Waals surface area contributed by atoms with Gasteiger partial charge in [-0.25, -0.2) is 0 Å². The molecule has 24 heavy (non-hydrogen) atoms. The molecule has 2 heteroatoms. The summed E-state index contributed by atoms with van der Waals surface area (Å²) in [5.74, 6) is 2.83. The monoisotopic (exact) mass is 326 g/mol. The Morgan fingerprint density at radius 1 is 1.08 bits per heavy atom. The molecule has 0 aromatic carbocycles. The van der Waals surface area contributed by atoms with E-state index in [2.05, 4.69) is 26.8 Å². The standard InChI is InChI=1S/C22H30O2/c1-13-11-15-12-16(24)7-9-21(15,3)19-8-10-22(4)17(14(2)23)5-6-18(22)20(13)19/h11-12,17-20H,5-10H2,1-4H3/t17-,18+,19+,20+,21+,22-/m1/s1. The van der Waals surface area contributed by atoms with E-state index in [0.29, 0.717) is 35.7 Å². The Balaban J connectivity index is 1.78. The number of allylic oxidation sites excluding steroid dienone is 4. The Labute approximate surface area is 145 Å². The second kappa shape index (κ2) is 5.16. The smallest absolute Gasteiger partial charge is 0.156 e. The lowest BCUT2D eigenvalue weighted by Crippen LogP contribution is -2.50. The van der Waals surface area contributed by atoms with Gasteiger partial charge < -0.3 is 0 Å². The summed E-state index contributed by atoms with van der Waals surface area (Å²) >= 11 is 0. The minimum absolute atomic E-state index is 0.160. The van der Waals surface area contributed by atoms with E-state index in [1.807, 2.05) is 6.08 Å². The summed E-state index contributed by atoms with van der Waals surface area (Å²) < 4.78 is 0. The average molecular weight is 326 g/mol. The highest BCUT2D eigenvalue weighted by Crippen LogP contribution is 2.66. The molecule has 0 aromatic heterocycles. The molecule has 2 nitrogen and oxygen atoms in total. The van der Waals surface area contributed by atoms with Crippen LogP contribution in [-0.2, 0) is 9.59 Å². The first-order chi connectivity index (χ1) is 11.3. The molecule has 0 radical (unpaired) electrons. The Kier molecular flexibility index (Phi) is 3.50. The van der Waals surface area contributed by atoms with Crippen molar-refractivity contribution in [2.45, 2.75) is 66.2 Å². The van der Waals surface area contributed by atoms with Gasteiger partial charge in [0.2, 0.25) is 0 Å². The fourth-order valence-corrected chi connectivity index (χ4v) is 7.04. The highest BCUT2D eigenvalue weighted by atomic mass is 16.1. The number of rotatable bonds is 1. The first-order valence-corrected chi connectivity index (χ1v) is 9.71. The number of fused-ring (bicyclic) bond motifs is 5. The molecule has 0 bridgehead atoms. The van der Waals surface area contributed by atoms with E-state index >= 15 is 0 Å². The van der Waals surface area contributed by atoms with Crippen molar-refractivity contribution >= 4 is 11.6 Å². The molecule has 0 amide bonds. The van der Waals surface area contributed by atoms with Gasteiger partial charge in [0, 0.05) is 12.3 Å². The highest BCUT2D eigenvalue weighted by molar-refractivity contribution is 5.92. The van der Waals surface area contributed by atoms with Gasteiger partial charge in [-0.3, -0.25) is 9.59 Å². The summed E-state index contributed by atoms with van der Waals surface area (Å²) in [5.41, 5.74) is 3.08. The number of Topliss-reactive ketones (excluding diaryl/α,β-unsaturated/α-hetero) is 1. The Morgan fingerprint density at radius 3 is 2.54 bits per heavy atom. The van der Waals surface area contributed by atoms with Crippen molar-refractivity contribution in [2.75, 3.05) is 0 Å². The van der Waals surface area contributed by atoms with Crippen LogP contribution in [0, 0.1) is 34.5 Å². The van der Waals surface area contributed by atoms with Crippen molar-refractivity contribution in [3.63, 3.8) is 0 Å². The average Bonchev–Trinajstić information content (AvgIpc) is 2.86. The van der Waals surface area contributed by atoms with E-state index in [0.717, 1.165) is 12.8 Å². The molecular formula is C22H30O2. The van der Waals surface area contributed by atoms with Crippen LogP contribution in [0.5, 0.6) is 0 Å². The van der Waals surface area contributed by atoms with Gasteiger partial charge in [-0.1, -0.05) is 25.5 Å². The maximum atomic E-state index is 12.2. The summed E-state index contributed by atoms with van der Waals surface area (Å²) in [4.78, 5) is 24.1. The van der Waals surface area contributed by atoms with E-state index in [-0.39, 0.29) is 16.7 Å². The van der Waals surface area contributed by atoms with Crippen molar-refractivity contribution in [1.29, 1.82) is 0 Å². The van der Waals surface area contributed by atoms with Crippen molar-refractivity contribution < 1.29 is 9.59 Å². The van der Waals surface area contributed by atoms with Gasteiger partial charge in [0.25, 0.3) is 0 Å². The third-order valence-electron chi connectivity index (χ3n) is 8.36. The summed E-state index contributed by atoms with van der Waals surface area (Å²) in [7, 11) is 0. The van der Waals surface area contributed by atoms with Gasteiger partial charge in [-0.05, 0) is 86.2 Å². The number of ketones is 2. The fourth-order valence-electron chi connectivity index (χ4n) is 7.04. The lowest BCUT2D eigenvalue weighted by Gasteiger charge is -2.57. The lowest BCUT2D eigenvalue weighted by atomic mass is 9.47. The van der Waals surface area contributed by atoms with Crippen LogP contribution in [0.3, 0.4) is 0 Å². The topological polar surface area (TPSA) is 34.1 Å². The van der Waals surface area contributed by atoms with Crippen LogP contribution in [0.1, 0.15) is 66.2 Å². The van der Waals surface area contributed by atoms with Gasteiger partial charge in [0.1, 0.15) is 5.78 Å². The summed E-state index contributed by atoms with van der Waals surface area (Å²) in [5, 5.41) is 0. The molecule has 0 spiro atoms. The minimum atomic E-state index is 0.160. The molecule has 0 aromatic rings. The molecule has 2 fully saturated rings. The fraction of sp³-hybridized carbons (Fsp3) is 0.727. The van der Waals surface area contributed by atoms with Gasteiger partial charge in [-0.2, -0.15) is 0 Å². The second-order valence-electron chi connectivity index (χ2n) is 9.40. The number of carbonyl (C=O) groups excluding carboxylic acids is 2. The summed E-state index contributed by atoms with van der Waals surface area (Å²) in [6.07, 6.45) is 10.6. The molecule has 6 atom stereocenters. The molecule has 4 rings (SSSR count). The van der Waals surface area contributed by atoms with Crippen LogP contribution < -0.4 is 0 Å². The molecule has 4 aliphatic rings. The maximum absolute atomic E-state index is 12.2. The molecule has 0 unspecified atom stereocenters. The molecule has 2 saturated carbocycles. The third kappa shape index (κ3) is 2.01. The Morgan fingerprint density at radius 2 is 1.83 bits per heavy atom. The lowest BCUT2D eigenvalue weighted by molar-refractivity contribution is -0.127. The molecule has 0 saturated heterocycles.